The normalized spacial score (nSPS) is 19.8. The van der Waals surface area contributed by atoms with E-state index >= 15 is 0 Å². The van der Waals surface area contributed by atoms with Crippen molar-refractivity contribution >= 4 is 15.9 Å². The Kier molecular flexibility index (Phi) is 5.49. The lowest BCUT2D eigenvalue weighted by atomic mass is 9.99. The zero-order valence-corrected chi connectivity index (χ0v) is 13.0. The highest BCUT2D eigenvalue weighted by atomic mass is 32.2. The largest absolute Gasteiger partial charge is 0.376 e. The zero-order valence-electron chi connectivity index (χ0n) is 12.2. The average molecular weight is 330 g/mol. The van der Waals surface area contributed by atoms with E-state index in [1.54, 1.807) is 12.1 Å². The van der Waals surface area contributed by atoms with Gasteiger partial charge in [-0.25, -0.2) is 17.5 Å². The maximum Gasteiger partial charge on any atom is 0.235 e. The summed E-state index contributed by atoms with van der Waals surface area (Å²) in [5, 5.41) is 2.75. The van der Waals surface area contributed by atoms with Gasteiger partial charge in [-0.3, -0.25) is 4.79 Å². The second-order valence-corrected chi connectivity index (χ2v) is 7.07. The molecule has 0 unspecified atom stereocenters. The zero-order chi connectivity index (χ0) is 16.2. The van der Waals surface area contributed by atoms with Crippen molar-refractivity contribution in [2.24, 2.45) is 0 Å². The highest BCUT2D eigenvalue weighted by molar-refractivity contribution is 7.88. The van der Waals surface area contributed by atoms with Gasteiger partial charge in [0, 0.05) is 6.61 Å². The van der Waals surface area contributed by atoms with Crippen molar-refractivity contribution in [3.63, 3.8) is 0 Å². The molecule has 1 saturated heterocycles. The van der Waals surface area contributed by atoms with Gasteiger partial charge < -0.3 is 10.1 Å². The number of nitrogens with one attached hydrogen (secondary N) is 2. The lowest BCUT2D eigenvalue weighted by molar-refractivity contribution is -0.121. The number of hydrogen-bond donors (Lipinski definition) is 2. The molecule has 1 heterocycles. The van der Waals surface area contributed by atoms with Crippen molar-refractivity contribution < 1.29 is 22.3 Å². The summed E-state index contributed by atoms with van der Waals surface area (Å²) in [6.45, 7) is 0.267. The molecule has 0 saturated carbocycles. The van der Waals surface area contributed by atoms with Crippen LogP contribution in [0.2, 0.25) is 0 Å². The Morgan fingerprint density at radius 2 is 2.09 bits per heavy atom. The van der Waals surface area contributed by atoms with Crippen molar-refractivity contribution in [3.05, 3.63) is 35.6 Å². The Morgan fingerprint density at radius 1 is 1.41 bits per heavy atom. The molecular weight excluding hydrogens is 311 g/mol. The van der Waals surface area contributed by atoms with Crippen LogP contribution >= 0.6 is 0 Å². The molecule has 0 aliphatic carbocycles. The van der Waals surface area contributed by atoms with E-state index in [4.69, 9.17) is 4.74 Å². The van der Waals surface area contributed by atoms with Gasteiger partial charge in [0.15, 0.2) is 0 Å². The third-order valence-electron chi connectivity index (χ3n) is 3.38. The Morgan fingerprint density at radius 3 is 2.64 bits per heavy atom. The van der Waals surface area contributed by atoms with Gasteiger partial charge in [-0.05, 0) is 30.5 Å². The molecule has 22 heavy (non-hydrogen) atoms. The summed E-state index contributed by atoms with van der Waals surface area (Å²) in [4.78, 5) is 11.9. The number of hydrogen-bond acceptors (Lipinski definition) is 4. The van der Waals surface area contributed by atoms with Crippen molar-refractivity contribution in [1.29, 1.82) is 0 Å². The molecule has 1 aromatic rings. The third kappa shape index (κ3) is 5.04. The van der Waals surface area contributed by atoms with Gasteiger partial charge in [-0.2, -0.15) is 0 Å². The number of amides is 1. The van der Waals surface area contributed by atoms with E-state index in [0.29, 0.717) is 6.61 Å². The summed E-state index contributed by atoms with van der Waals surface area (Å²) in [5.74, 6) is -0.824. The second kappa shape index (κ2) is 7.17. The first-order valence-electron chi connectivity index (χ1n) is 6.96. The van der Waals surface area contributed by atoms with E-state index < -0.39 is 22.0 Å². The molecule has 2 N–H and O–H groups in total. The predicted octanol–water partition coefficient (Wildman–Crippen LogP) is 0.711. The summed E-state index contributed by atoms with van der Waals surface area (Å²) in [6.07, 6.45) is 2.45. The first-order chi connectivity index (χ1) is 10.3. The minimum absolute atomic E-state index is 0.201. The number of halogens is 1. The van der Waals surface area contributed by atoms with E-state index in [1.807, 2.05) is 0 Å². The first kappa shape index (κ1) is 16.9. The SMILES string of the molecule is CS(=O)(=O)NCC(=O)N[C@H](c1ccc(F)cc1)[C@H]1CCCO1. The molecule has 1 amide bonds. The summed E-state index contributed by atoms with van der Waals surface area (Å²) < 4.78 is 42.8. The number of carbonyl (C=O) groups excluding carboxylic acids is 1. The number of carbonyl (C=O) groups is 1. The Bertz CT molecular complexity index is 612. The van der Waals surface area contributed by atoms with E-state index in [0.717, 1.165) is 24.7 Å². The van der Waals surface area contributed by atoms with Crippen LogP contribution in [0.25, 0.3) is 0 Å². The van der Waals surface area contributed by atoms with Gasteiger partial charge in [0.2, 0.25) is 15.9 Å². The quantitative estimate of drug-likeness (QED) is 0.805. The van der Waals surface area contributed by atoms with E-state index in [1.165, 1.54) is 12.1 Å². The number of benzene rings is 1. The summed E-state index contributed by atoms with van der Waals surface area (Å²) >= 11 is 0. The third-order valence-corrected chi connectivity index (χ3v) is 4.05. The Balaban J connectivity index is 2.07. The van der Waals surface area contributed by atoms with Crippen LogP contribution in [0.5, 0.6) is 0 Å². The number of sulfonamides is 1. The van der Waals surface area contributed by atoms with Gasteiger partial charge in [0.1, 0.15) is 5.82 Å². The van der Waals surface area contributed by atoms with Gasteiger partial charge in [0.05, 0.1) is 24.9 Å². The van der Waals surface area contributed by atoms with Crippen molar-refractivity contribution in [1.82, 2.24) is 10.0 Å². The van der Waals surface area contributed by atoms with E-state index in [-0.39, 0.29) is 18.5 Å². The molecule has 8 heteroatoms. The molecule has 1 fully saturated rings. The number of rotatable bonds is 6. The summed E-state index contributed by atoms with van der Waals surface area (Å²) in [6, 6.07) is 5.38. The lowest BCUT2D eigenvalue weighted by Gasteiger charge is -2.24. The lowest BCUT2D eigenvalue weighted by Crippen LogP contribution is -2.41. The van der Waals surface area contributed by atoms with E-state index in [2.05, 4.69) is 10.0 Å². The van der Waals surface area contributed by atoms with Crippen LogP contribution in [0.15, 0.2) is 24.3 Å². The monoisotopic (exact) mass is 330 g/mol. The van der Waals surface area contributed by atoms with Gasteiger partial charge >= 0.3 is 0 Å². The Labute approximate surface area is 129 Å². The van der Waals surface area contributed by atoms with Crippen molar-refractivity contribution in [2.45, 2.75) is 25.0 Å². The fourth-order valence-corrected chi connectivity index (χ4v) is 2.74. The smallest absolute Gasteiger partial charge is 0.235 e. The molecular formula is C14H19FN2O4S. The molecule has 0 aromatic heterocycles. The van der Waals surface area contributed by atoms with Crippen LogP contribution in [0.4, 0.5) is 4.39 Å². The minimum atomic E-state index is -3.44. The molecule has 2 rings (SSSR count). The molecule has 1 aliphatic rings. The van der Waals surface area contributed by atoms with Crippen LogP contribution in [-0.2, 0) is 19.6 Å². The molecule has 122 valence electrons. The second-order valence-electron chi connectivity index (χ2n) is 5.24. The molecule has 2 atom stereocenters. The van der Waals surface area contributed by atoms with Crippen molar-refractivity contribution in [3.8, 4) is 0 Å². The van der Waals surface area contributed by atoms with Gasteiger partial charge in [-0.15, -0.1) is 0 Å². The molecule has 1 aliphatic heterocycles. The molecule has 1 aromatic carbocycles. The molecule has 6 nitrogen and oxygen atoms in total. The highest BCUT2D eigenvalue weighted by Crippen LogP contribution is 2.27. The summed E-state index contributed by atoms with van der Waals surface area (Å²) in [5.41, 5.74) is 0.723. The summed E-state index contributed by atoms with van der Waals surface area (Å²) in [7, 11) is -3.44. The highest BCUT2D eigenvalue weighted by Gasteiger charge is 2.28. The van der Waals surface area contributed by atoms with Crippen LogP contribution in [0.3, 0.4) is 0 Å². The van der Waals surface area contributed by atoms with Gasteiger partial charge in [0.25, 0.3) is 0 Å². The molecule has 0 spiro atoms. The minimum Gasteiger partial charge on any atom is -0.376 e. The standard InChI is InChI=1S/C14H19FN2O4S/c1-22(19,20)16-9-13(18)17-14(12-3-2-8-21-12)10-4-6-11(15)7-5-10/h4-7,12,14,16H,2-3,8-9H2,1H3,(H,17,18)/t12-,14-/m1/s1. The van der Waals surface area contributed by atoms with E-state index in [9.17, 15) is 17.6 Å². The topological polar surface area (TPSA) is 84.5 Å². The molecule has 0 radical (unpaired) electrons. The van der Waals surface area contributed by atoms with Crippen molar-refractivity contribution in [2.75, 3.05) is 19.4 Å². The fraction of sp³-hybridized carbons (Fsp3) is 0.500. The maximum atomic E-state index is 13.0. The van der Waals surface area contributed by atoms with Crippen LogP contribution in [0.1, 0.15) is 24.4 Å². The van der Waals surface area contributed by atoms with Crippen LogP contribution in [-0.4, -0.2) is 39.8 Å². The predicted molar refractivity (Wildman–Crippen MR) is 79.1 cm³/mol. The van der Waals surface area contributed by atoms with Gasteiger partial charge in [-0.1, -0.05) is 12.1 Å². The van der Waals surface area contributed by atoms with Crippen LogP contribution < -0.4 is 10.0 Å². The Hall–Kier alpha value is -1.51. The molecule has 0 bridgehead atoms. The maximum absolute atomic E-state index is 13.0. The van der Waals surface area contributed by atoms with Crippen LogP contribution in [0, 0.1) is 5.82 Å². The first-order valence-corrected chi connectivity index (χ1v) is 8.85. The number of ether oxygens (including phenoxy) is 1. The average Bonchev–Trinajstić information content (AvgIpc) is 2.97. The fourth-order valence-electron chi connectivity index (χ4n) is 2.35.